The van der Waals surface area contributed by atoms with Crippen molar-refractivity contribution in [2.45, 2.75) is 26.4 Å². The molecular weight excluding hydrogens is 200 g/mol. The molecule has 0 aliphatic carbocycles. The fraction of sp³-hybridized carbons (Fsp3) is 0.875. The summed E-state index contributed by atoms with van der Waals surface area (Å²) < 4.78 is 15.9. The molecule has 0 rings (SSSR count). The van der Waals surface area contributed by atoms with Gasteiger partial charge in [-0.3, -0.25) is 4.99 Å². The molecule has 0 aromatic rings. The zero-order valence-electron chi connectivity index (χ0n) is 9.53. The van der Waals surface area contributed by atoms with Crippen LogP contribution in [0.2, 0.25) is 0 Å². The van der Waals surface area contributed by atoms with E-state index < -0.39 is 8.80 Å². The molecule has 0 bridgehead atoms. The van der Waals surface area contributed by atoms with Gasteiger partial charge < -0.3 is 19.0 Å². The second-order valence-corrected chi connectivity index (χ2v) is 5.75. The summed E-state index contributed by atoms with van der Waals surface area (Å²) in [6.45, 7) is 3.77. The summed E-state index contributed by atoms with van der Waals surface area (Å²) in [6.07, 6.45) is 0.445. The van der Waals surface area contributed by atoms with Crippen molar-refractivity contribution in [2.75, 3.05) is 21.3 Å². The Morgan fingerprint density at radius 2 is 1.71 bits per heavy atom. The number of hydrogen-bond donors (Lipinski definition) is 1. The molecule has 0 heterocycles. The van der Waals surface area contributed by atoms with E-state index in [2.05, 4.69) is 4.99 Å². The smallest absolute Gasteiger partial charge is 0.373 e. The average Bonchev–Trinajstić information content (AvgIpc) is 2.19. The normalized spacial score (nSPS) is 15.7. The van der Waals surface area contributed by atoms with Gasteiger partial charge >= 0.3 is 8.80 Å². The maximum Gasteiger partial charge on any atom is 0.550 e. The molecule has 2 N–H and O–H groups in total. The van der Waals surface area contributed by atoms with Crippen LogP contribution in [0.1, 0.15) is 20.3 Å². The van der Waals surface area contributed by atoms with Crippen molar-refractivity contribution >= 4 is 14.1 Å². The molecule has 1 atom stereocenters. The number of nitrogens with zero attached hydrogens (tertiary/aromatic N) is 1. The summed E-state index contributed by atoms with van der Waals surface area (Å²) in [5, 5.41) is 0.778. The van der Waals surface area contributed by atoms with E-state index in [1.165, 1.54) is 0 Å². The van der Waals surface area contributed by atoms with Crippen LogP contribution >= 0.6 is 0 Å². The molecule has 0 aliphatic heterocycles. The quantitative estimate of drug-likeness (QED) is 0.524. The summed E-state index contributed by atoms with van der Waals surface area (Å²) in [6, 6.07) is 0. The zero-order valence-corrected chi connectivity index (χ0v) is 10.5. The topological polar surface area (TPSA) is 66.1 Å². The van der Waals surface area contributed by atoms with Crippen LogP contribution < -0.4 is 5.73 Å². The van der Waals surface area contributed by atoms with Gasteiger partial charge in [-0.05, 0) is 13.3 Å². The van der Waals surface area contributed by atoms with E-state index >= 15 is 0 Å². The average molecular weight is 220 g/mol. The lowest BCUT2D eigenvalue weighted by atomic mass is 10.5. The molecule has 0 aromatic carbocycles. The molecular formula is C8H20N2O3Si. The van der Waals surface area contributed by atoms with Crippen molar-refractivity contribution in [1.29, 1.82) is 0 Å². The molecule has 0 radical (unpaired) electrons. The molecule has 0 spiro atoms. The molecule has 0 saturated heterocycles. The second-order valence-electron chi connectivity index (χ2n) is 2.84. The summed E-state index contributed by atoms with van der Waals surface area (Å²) in [5.74, 6) is 0. The van der Waals surface area contributed by atoms with Crippen molar-refractivity contribution < 1.29 is 13.3 Å². The Labute approximate surface area is 86.6 Å². The lowest BCUT2D eigenvalue weighted by molar-refractivity contribution is 0.144. The Kier molecular flexibility index (Phi) is 6.13. The van der Waals surface area contributed by atoms with Gasteiger partial charge in [0.15, 0.2) is 0 Å². The molecule has 0 amide bonds. The Morgan fingerprint density at radius 1 is 1.29 bits per heavy atom. The lowest BCUT2D eigenvalue weighted by Gasteiger charge is -2.25. The first-order valence-corrected chi connectivity index (χ1v) is 6.27. The van der Waals surface area contributed by atoms with Crippen LogP contribution in [0.3, 0.4) is 0 Å². The summed E-state index contributed by atoms with van der Waals surface area (Å²) in [7, 11) is 1.94. The zero-order chi connectivity index (χ0) is 11.2. The van der Waals surface area contributed by atoms with E-state index in [1.807, 2.05) is 6.92 Å². The van der Waals surface area contributed by atoms with Crippen molar-refractivity contribution in [1.82, 2.24) is 0 Å². The third kappa shape index (κ3) is 3.14. The van der Waals surface area contributed by atoms with E-state index in [4.69, 9.17) is 19.0 Å². The second kappa shape index (κ2) is 6.26. The van der Waals surface area contributed by atoms with Gasteiger partial charge in [0.1, 0.15) is 0 Å². The van der Waals surface area contributed by atoms with E-state index in [0.29, 0.717) is 6.42 Å². The predicted octanol–water partition coefficient (Wildman–Crippen LogP) is 0.559. The molecule has 1 unspecified atom stereocenters. The fourth-order valence-corrected chi connectivity index (χ4v) is 3.24. The van der Waals surface area contributed by atoms with Gasteiger partial charge in [0.05, 0.1) is 11.5 Å². The monoisotopic (exact) mass is 220 g/mol. The van der Waals surface area contributed by atoms with Crippen LogP contribution in [0, 0.1) is 0 Å². The fourth-order valence-electron chi connectivity index (χ4n) is 1.24. The maximum absolute atomic E-state index is 5.60. The molecule has 0 fully saturated rings. The van der Waals surface area contributed by atoms with E-state index in [1.54, 1.807) is 28.3 Å². The first-order chi connectivity index (χ1) is 6.56. The van der Waals surface area contributed by atoms with Crippen LogP contribution in [0.5, 0.6) is 0 Å². The highest BCUT2D eigenvalue weighted by Gasteiger charge is 2.43. The van der Waals surface area contributed by atoms with Crippen LogP contribution in [0.15, 0.2) is 4.99 Å². The first kappa shape index (κ1) is 13.7. The van der Waals surface area contributed by atoms with Gasteiger partial charge in [-0.2, -0.15) is 0 Å². The first-order valence-electron chi connectivity index (χ1n) is 4.54. The number of rotatable bonds is 6. The highest BCUT2D eigenvalue weighted by atomic mass is 28.4. The van der Waals surface area contributed by atoms with Gasteiger partial charge in [-0.15, -0.1) is 0 Å². The highest BCUT2D eigenvalue weighted by Crippen LogP contribution is 2.12. The molecule has 14 heavy (non-hydrogen) atoms. The molecule has 5 nitrogen and oxygen atoms in total. The SMILES string of the molecule is CC/C(=N\C(C)N)[Si](OC)(OC)OC. The minimum absolute atomic E-state index is 0.266. The Hall–Kier alpha value is -0.273. The van der Waals surface area contributed by atoms with Gasteiger partial charge in [0.2, 0.25) is 0 Å². The number of aliphatic imine (C=N–C) groups is 1. The van der Waals surface area contributed by atoms with Crippen LogP contribution in [-0.4, -0.2) is 41.6 Å². The van der Waals surface area contributed by atoms with E-state index in [0.717, 1.165) is 5.33 Å². The van der Waals surface area contributed by atoms with Gasteiger partial charge in [0, 0.05) is 21.3 Å². The van der Waals surface area contributed by atoms with Crippen LogP contribution in [0.4, 0.5) is 0 Å². The predicted molar refractivity (Wildman–Crippen MR) is 58.2 cm³/mol. The summed E-state index contributed by atoms with van der Waals surface area (Å²) >= 11 is 0. The third-order valence-corrected chi connectivity index (χ3v) is 4.66. The van der Waals surface area contributed by atoms with Crippen molar-refractivity contribution in [2.24, 2.45) is 10.7 Å². The summed E-state index contributed by atoms with van der Waals surface area (Å²) in [4.78, 5) is 4.26. The maximum atomic E-state index is 5.60. The Balaban J connectivity index is 4.93. The Morgan fingerprint density at radius 3 is 1.93 bits per heavy atom. The van der Waals surface area contributed by atoms with E-state index in [-0.39, 0.29) is 6.17 Å². The van der Waals surface area contributed by atoms with Crippen LogP contribution in [-0.2, 0) is 13.3 Å². The third-order valence-electron chi connectivity index (χ3n) is 1.85. The van der Waals surface area contributed by atoms with Gasteiger partial charge in [-0.1, -0.05) is 6.92 Å². The molecule has 0 aromatic heterocycles. The molecule has 0 saturated carbocycles. The Bertz CT molecular complexity index is 185. The number of hydrogen-bond acceptors (Lipinski definition) is 5. The van der Waals surface area contributed by atoms with Gasteiger partial charge in [0.25, 0.3) is 0 Å². The molecule has 0 aliphatic rings. The minimum atomic E-state index is -2.74. The van der Waals surface area contributed by atoms with Crippen molar-refractivity contribution in [3.8, 4) is 0 Å². The van der Waals surface area contributed by atoms with Crippen molar-refractivity contribution in [3.63, 3.8) is 0 Å². The summed E-state index contributed by atoms with van der Waals surface area (Å²) in [5.41, 5.74) is 5.60. The standard InChI is InChI=1S/C8H20N2O3Si/c1-6-8(10-7(2)9)14(11-3,12-4)13-5/h7H,6,9H2,1-5H3/b10-8+. The molecule has 6 heteroatoms. The highest BCUT2D eigenvalue weighted by molar-refractivity contribution is 6.93. The number of nitrogens with two attached hydrogens (primary N) is 1. The van der Waals surface area contributed by atoms with E-state index in [9.17, 15) is 0 Å². The molecule has 84 valence electrons. The van der Waals surface area contributed by atoms with Gasteiger partial charge in [-0.25, -0.2) is 0 Å². The minimum Gasteiger partial charge on any atom is -0.373 e. The van der Waals surface area contributed by atoms with Crippen LogP contribution in [0.25, 0.3) is 0 Å². The van der Waals surface area contributed by atoms with Crippen molar-refractivity contribution in [3.05, 3.63) is 0 Å². The lowest BCUT2D eigenvalue weighted by Crippen LogP contribution is -2.52. The largest absolute Gasteiger partial charge is 0.550 e.